The van der Waals surface area contributed by atoms with Crippen LogP contribution in [0.15, 0.2) is 0 Å². The average molecular weight is 222 g/mol. The van der Waals surface area contributed by atoms with Gasteiger partial charge < -0.3 is 14.7 Å². The van der Waals surface area contributed by atoms with Crippen molar-refractivity contribution >= 4 is 9.84 Å². The van der Waals surface area contributed by atoms with Gasteiger partial charge >= 0.3 is 0 Å². The van der Waals surface area contributed by atoms with Crippen LogP contribution < -0.4 is 4.90 Å². The number of nitrogens with one attached hydrogen (secondary N) is 1. The molecule has 0 spiro atoms. The molecule has 82 valence electrons. The Morgan fingerprint density at radius 1 is 1.21 bits per heavy atom. The molecule has 0 saturated carbocycles. The fraction of sp³-hybridized carbons (Fsp3) is 1.00. The number of rotatable bonds is 1. The largest absolute Gasteiger partial charge is 0.386 e. The number of sulfone groups is 1. The van der Waals surface area contributed by atoms with E-state index < -0.39 is 15.9 Å². The Kier molecular flexibility index (Phi) is 2.79. The van der Waals surface area contributed by atoms with Gasteiger partial charge in [-0.15, -0.1) is 0 Å². The Balaban J connectivity index is 2.04. The molecule has 0 radical (unpaired) electrons. The minimum atomic E-state index is -3.01. The fourth-order valence-corrected chi connectivity index (χ4v) is 4.12. The first-order chi connectivity index (χ1) is 6.58. The summed E-state index contributed by atoms with van der Waals surface area (Å²) in [4.78, 5) is 1.17. The lowest BCUT2D eigenvalue weighted by molar-refractivity contribution is -0.932. The van der Waals surface area contributed by atoms with Crippen LogP contribution in [0.4, 0.5) is 0 Å². The number of quaternary nitrogens is 1. The van der Waals surface area contributed by atoms with E-state index in [0.29, 0.717) is 13.2 Å². The first-order valence-corrected chi connectivity index (χ1v) is 6.71. The zero-order valence-electron chi connectivity index (χ0n) is 7.98. The van der Waals surface area contributed by atoms with E-state index in [-0.39, 0.29) is 17.5 Å². The van der Waals surface area contributed by atoms with Gasteiger partial charge in [-0.2, -0.15) is 0 Å². The Morgan fingerprint density at radius 3 is 2.36 bits per heavy atom. The Hall–Kier alpha value is -0.170. The molecular formula is C8H16NO4S+. The molecule has 2 N–H and O–H groups in total. The van der Waals surface area contributed by atoms with E-state index in [4.69, 9.17) is 4.74 Å². The summed E-state index contributed by atoms with van der Waals surface area (Å²) in [6, 6.07) is -0.135. The zero-order chi connectivity index (χ0) is 10.2. The molecule has 5 nitrogen and oxygen atoms in total. The standard InChI is InChI=1S/C8H15NO4S/c10-8-6-14(11,12)5-7(8)9-1-3-13-4-2-9/h7-8,10H,1-6H2/p+1/t7-,8-/m1/s1. The monoisotopic (exact) mass is 222 g/mol. The van der Waals surface area contributed by atoms with E-state index in [1.54, 1.807) is 0 Å². The fourth-order valence-electron chi connectivity index (χ4n) is 2.22. The topological polar surface area (TPSA) is 68.0 Å². The summed E-state index contributed by atoms with van der Waals surface area (Å²) in [5, 5.41) is 9.64. The molecule has 2 aliphatic heterocycles. The summed E-state index contributed by atoms with van der Waals surface area (Å²) in [6.45, 7) is 2.94. The van der Waals surface area contributed by atoms with E-state index in [9.17, 15) is 13.5 Å². The molecule has 0 unspecified atom stereocenters. The predicted molar refractivity (Wildman–Crippen MR) is 50.0 cm³/mol. The maximum atomic E-state index is 11.3. The first kappa shape index (κ1) is 10.4. The van der Waals surface area contributed by atoms with Gasteiger partial charge in [0.2, 0.25) is 0 Å². The summed E-state index contributed by atoms with van der Waals surface area (Å²) in [5.41, 5.74) is 0. The zero-order valence-corrected chi connectivity index (χ0v) is 8.79. The maximum absolute atomic E-state index is 11.3. The quantitative estimate of drug-likeness (QED) is 0.498. The smallest absolute Gasteiger partial charge is 0.159 e. The van der Waals surface area contributed by atoms with Crippen molar-refractivity contribution in [3.63, 3.8) is 0 Å². The van der Waals surface area contributed by atoms with Crippen molar-refractivity contribution in [3.05, 3.63) is 0 Å². The maximum Gasteiger partial charge on any atom is 0.159 e. The number of aliphatic hydroxyl groups is 1. The minimum Gasteiger partial charge on any atom is -0.386 e. The van der Waals surface area contributed by atoms with E-state index in [0.717, 1.165) is 13.1 Å². The van der Waals surface area contributed by atoms with Crippen molar-refractivity contribution < 1.29 is 23.2 Å². The van der Waals surface area contributed by atoms with Crippen molar-refractivity contribution in [2.45, 2.75) is 12.1 Å². The van der Waals surface area contributed by atoms with Crippen LogP contribution in [-0.4, -0.2) is 63.5 Å². The Bertz CT molecular complexity index is 296. The number of ether oxygens (including phenoxy) is 1. The van der Waals surface area contributed by atoms with Gasteiger partial charge in [-0.05, 0) is 0 Å². The van der Waals surface area contributed by atoms with Gasteiger partial charge in [-0.3, -0.25) is 0 Å². The molecule has 0 bridgehead atoms. The van der Waals surface area contributed by atoms with E-state index in [1.165, 1.54) is 4.90 Å². The van der Waals surface area contributed by atoms with Gasteiger partial charge in [0.1, 0.15) is 31.0 Å². The summed E-state index contributed by atoms with van der Waals surface area (Å²) < 4.78 is 27.8. The highest BCUT2D eigenvalue weighted by atomic mass is 32.2. The van der Waals surface area contributed by atoms with Crippen molar-refractivity contribution in [1.29, 1.82) is 0 Å². The normalized spacial score (nSPS) is 38.6. The molecule has 2 aliphatic rings. The van der Waals surface area contributed by atoms with Gasteiger partial charge in [0.05, 0.1) is 19.0 Å². The van der Waals surface area contributed by atoms with Crippen LogP contribution in [0, 0.1) is 0 Å². The lowest BCUT2D eigenvalue weighted by Crippen LogP contribution is -3.19. The third-order valence-corrected chi connectivity index (χ3v) is 4.70. The third kappa shape index (κ3) is 2.08. The Morgan fingerprint density at radius 2 is 1.86 bits per heavy atom. The van der Waals surface area contributed by atoms with Crippen LogP contribution >= 0.6 is 0 Å². The van der Waals surface area contributed by atoms with Crippen molar-refractivity contribution in [2.24, 2.45) is 0 Å². The third-order valence-electron chi connectivity index (χ3n) is 2.98. The molecule has 0 aromatic rings. The molecule has 0 aromatic heterocycles. The molecule has 2 heterocycles. The predicted octanol–water partition coefficient (Wildman–Crippen LogP) is -2.94. The van der Waals surface area contributed by atoms with Gasteiger partial charge in [-0.25, -0.2) is 8.42 Å². The van der Waals surface area contributed by atoms with Gasteiger partial charge in [0, 0.05) is 0 Å². The van der Waals surface area contributed by atoms with Crippen LogP contribution in [0.2, 0.25) is 0 Å². The molecular weight excluding hydrogens is 206 g/mol. The van der Waals surface area contributed by atoms with Crippen molar-refractivity contribution in [2.75, 3.05) is 37.8 Å². The summed E-state index contributed by atoms with van der Waals surface area (Å²) in [7, 11) is -3.01. The van der Waals surface area contributed by atoms with Crippen LogP contribution in [-0.2, 0) is 14.6 Å². The van der Waals surface area contributed by atoms with Gasteiger partial charge in [0.15, 0.2) is 9.84 Å². The number of morpholine rings is 1. The van der Waals surface area contributed by atoms with Crippen LogP contribution in [0.1, 0.15) is 0 Å². The second-order valence-electron chi connectivity index (χ2n) is 4.02. The number of hydrogen-bond acceptors (Lipinski definition) is 4. The minimum absolute atomic E-state index is 0.0674. The van der Waals surface area contributed by atoms with E-state index in [1.807, 2.05) is 0 Å². The Labute approximate surface area is 83.6 Å². The van der Waals surface area contributed by atoms with Crippen LogP contribution in [0.5, 0.6) is 0 Å². The second-order valence-corrected chi connectivity index (χ2v) is 6.18. The van der Waals surface area contributed by atoms with Gasteiger partial charge in [0.25, 0.3) is 0 Å². The molecule has 2 atom stereocenters. The summed E-state index contributed by atoms with van der Waals surface area (Å²) >= 11 is 0. The first-order valence-electron chi connectivity index (χ1n) is 4.89. The van der Waals surface area contributed by atoms with E-state index in [2.05, 4.69) is 0 Å². The second kappa shape index (κ2) is 3.77. The SMILES string of the molecule is O=S1(=O)C[C@@H](O)[C@H]([NH+]2CCOCC2)C1. The number of hydrogen-bond donors (Lipinski definition) is 2. The molecule has 14 heavy (non-hydrogen) atoms. The lowest BCUT2D eigenvalue weighted by atomic mass is 10.2. The van der Waals surface area contributed by atoms with Crippen molar-refractivity contribution in [1.82, 2.24) is 0 Å². The highest BCUT2D eigenvalue weighted by molar-refractivity contribution is 7.91. The molecule has 2 saturated heterocycles. The highest BCUT2D eigenvalue weighted by Crippen LogP contribution is 2.10. The molecule has 0 aliphatic carbocycles. The molecule has 2 fully saturated rings. The highest BCUT2D eigenvalue weighted by Gasteiger charge is 2.43. The van der Waals surface area contributed by atoms with Crippen molar-refractivity contribution in [3.8, 4) is 0 Å². The molecule has 0 aromatic carbocycles. The van der Waals surface area contributed by atoms with Crippen LogP contribution in [0.3, 0.4) is 0 Å². The van der Waals surface area contributed by atoms with Crippen LogP contribution in [0.25, 0.3) is 0 Å². The molecule has 6 heteroatoms. The average Bonchev–Trinajstić information content (AvgIpc) is 2.41. The summed E-state index contributed by atoms with van der Waals surface area (Å²) in [6.07, 6.45) is -0.687. The lowest BCUT2D eigenvalue weighted by Gasteiger charge is -2.29. The molecule has 0 amide bonds. The van der Waals surface area contributed by atoms with E-state index >= 15 is 0 Å². The summed E-state index contributed by atoms with van der Waals surface area (Å²) in [5.74, 6) is 0.0610. The van der Waals surface area contributed by atoms with Gasteiger partial charge in [-0.1, -0.05) is 0 Å². The molecule has 2 rings (SSSR count). The number of aliphatic hydroxyl groups excluding tert-OH is 1.